The first-order chi connectivity index (χ1) is 32.0. The molecule has 0 bridgehead atoms. The van der Waals surface area contributed by atoms with E-state index in [1.54, 1.807) is 0 Å². The summed E-state index contributed by atoms with van der Waals surface area (Å²) in [5, 5.41) is 5.25. The van der Waals surface area contributed by atoms with E-state index < -0.39 is 0 Å². The quantitative estimate of drug-likeness (QED) is 0.159. The zero-order chi connectivity index (χ0) is 43.2. The zero-order valence-electron chi connectivity index (χ0n) is 37.6. The molecule has 2 heteroatoms. The van der Waals surface area contributed by atoms with Crippen LogP contribution in [0.25, 0.3) is 66.6 Å². The summed E-state index contributed by atoms with van der Waals surface area (Å²) in [7, 11) is 0. The van der Waals surface area contributed by atoms with Crippen molar-refractivity contribution in [2.75, 3.05) is 22.9 Å². The van der Waals surface area contributed by atoms with Crippen molar-refractivity contribution in [1.29, 1.82) is 0 Å². The molecule has 65 heavy (non-hydrogen) atoms. The number of para-hydroxylation sites is 2. The highest BCUT2D eigenvalue weighted by atomic mass is 15.1. The molecule has 0 spiro atoms. The maximum absolute atomic E-state index is 2.58. The van der Waals surface area contributed by atoms with Gasteiger partial charge in [-0.15, -0.1) is 0 Å². The Labute approximate surface area is 383 Å². The van der Waals surface area contributed by atoms with Gasteiger partial charge in [-0.3, -0.25) is 0 Å². The highest BCUT2D eigenvalue weighted by Gasteiger charge is 2.36. The second kappa shape index (κ2) is 15.1. The van der Waals surface area contributed by atoms with Gasteiger partial charge in [0.05, 0.1) is 0 Å². The number of fused-ring (bicyclic) bond motifs is 8. The number of rotatable bonds is 5. The molecule has 0 radical (unpaired) electrons. The van der Waals surface area contributed by atoms with Crippen LogP contribution in [0.4, 0.5) is 22.7 Å². The fraction of sp³-hybridized carbons (Fsp3) is 0.206. The molecule has 5 aliphatic rings. The number of nitrogens with zero attached hydrogens (tertiary/aromatic N) is 2. The summed E-state index contributed by atoms with van der Waals surface area (Å²) in [6, 6.07) is 54.9. The Morgan fingerprint density at radius 1 is 0.462 bits per heavy atom. The minimum Gasteiger partial charge on any atom is -0.341 e. The predicted octanol–water partition coefficient (Wildman–Crippen LogP) is 16.5. The summed E-state index contributed by atoms with van der Waals surface area (Å²) in [4.78, 5) is 5.15. The molecular weight excluding hydrogens is 785 g/mol. The lowest BCUT2D eigenvalue weighted by Crippen LogP contribution is -2.24. The van der Waals surface area contributed by atoms with Gasteiger partial charge in [0.15, 0.2) is 0 Å². The van der Waals surface area contributed by atoms with Gasteiger partial charge in [-0.05, 0) is 199 Å². The Morgan fingerprint density at radius 2 is 1.03 bits per heavy atom. The van der Waals surface area contributed by atoms with E-state index in [9.17, 15) is 0 Å². The van der Waals surface area contributed by atoms with Crippen molar-refractivity contribution < 1.29 is 0 Å². The number of anilines is 4. The average molecular weight is 839 g/mol. The average Bonchev–Trinajstić information content (AvgIpc) is 3.59. The second-order valence-electron chi connectivity index (χ2n) is 19.6. The summed E-state index contributed by atoms with van der Waals surface area (Å²) in [5.41, 5.74) is 24.4. The topological polar surface area (TPSA) is 6.48 Å². The van der Waals surface area contributed by atoms with Gasteiger partial charge in [-0.1, -0.05) is 135 Å². The van der Waals surface area contributed by atoms with Crippen molar-refractivity contribution >= 4 is 55.9 Å². The molecule has 8 aromatic carbocycles. The highest BCUT2D eigenvalue weighted by Crippen LogP contribution is 2.53. The summed E-state index contributed by atoms with van der Waals surface area (Å²) < 4.78 is 0. The van der Waals surface area contributed by atoms with Gasteiger partial charge < -0.3 is 9.80 Å². The lowest BCUT2D eigenvalue weighted by Gasteiger charge is -2.32. The van der Waals surface area contributed by atoms with Gasteiger partial charge in [0.25, 0.3) is 0 Å². The van der Waals surface area contributed by atoms with Gasteiger partial charge in [0.1, 0.15) is 0 Å². The molecule has 0 fully saturated rings. The SMILES string of the molecule is CC1(C)c2cc(C3=CC=CCC3)ccc2-c2ccc(-c3c4ccc(N5CCCc6ccccc65)cc4c(-c4ccc5c(c4)CCC=C5)c4ccc(N5CCCc6ccccc65)cc34)cc21. The number of allylic oxidation sites excluding steroid dienone is 5. The first kappa shape index (κ1) is 38.5. The van der Waals surface area contributed by atoms with Crippen LogP contribution in [0.5, 0.6) is 0 Å². The van der Waals surface area contributed by atoms with Crippen LogP contribution in [0.1, 0.15) is 84.9 Å². The van der Waals surface area contributed by atoms with Gasteiger partial charge in [0.2, 0.25) is 0 Å². The Hall–Kier alpha value is -6.90. The van der Waals surface area contributed by atoms with Gasteiger partial charge in [-0.25, -0.2) is 0 Å². The smallest absolute Gasteiger partial charge is 0.0443 e. The minimum atomic E-state index is -0.150. The normalized spacial score (nSPS) is 16.8. The monoisotopic (exact) mass is 838 g/mol. The Balaban J connectivity index is 1.07. The first-order valence-electron chi connectivity index (χ1n) is 24.2. The molecule has 0 aromatic heterocycles. The van der Waals surface area contributed by atoms with Crippen molar-refractivity contribution in [3.63, 3.8) is 0 Å². The van der Waals surface area contributed by atoms with Crippen LogP contribution in [-0.2, 0) is 24.7 Å². The third kappa shape index (κ3) is 6.21. The van der Waals surface area contributed by atoms with E-state index in [0.717, 1.165) is 64.5 Å². The fourth-order valence-corrected chi connectivity index (χ4v) is 12.3. The van der Waals surface area contributed by atoms with E-state index in [1.165, 1.54) is 122 Å². The van der Waals surface area contributed by atoms with E-state index in [2.05, 4.69) is 194 Å². The molecule has 2 aliphatic heterocycles. The fourth-order valence-electron chi connectivity index (χ4n) is 12.3. The van der Waals surface area contributed by atoms with Crippen LogP contribution in [0.2, 0.25) is 0 Å². The highest BCUT2D eigenvalue weighted by molar-refractivity contribution is 6.22. The minimum absolute atomic E-state index is 0.150. The number of hydrogen-bond acceptors (Lipinski definition) is 2. The molecule has 0 saturated carbocycles. The molecule has 13 rings (SSSR count). The Bertz CT molecular complexity index is 3370. The molecular formula is C63H54N2. The summed E-state index contributed by atoms with van der Waals surface area (Å²) in [5.74, 6) is 0. The van der Waals surface area contributed by atoms with E-state index in [4.69, 9.17) is 0 Å². The van der Waals surface area contributed by atoms with Crippen LogP contribution >= 0.6 is 0 Å². The largest absolute Gasteiger partial charge is 0.341 e. The van der Waals surface area contributed by atoms with Crippen LogP contribution in [0.3, 0.4) is 0 Å². The van der Waals surface area contributed by atoms with Crippen molar-refractivity contribution in [2.24, 2.45) is 0 Å². The molecule has 0 N–H and O–H groups in total. The standard InChI is InChI=1S/C63H54N2/c1-63(2)57-37-46(41-14-4-3-5-15-41)26-30-51(57)52-31-27-48(38-58(52)63)62-54-33-29-49(64-34-12-20-43-17-8-10-22-59(43)64)39-55(54)61(47-25-24-42-16-6-7-19-45(42)36-47)53-32-28-50(40-56(53)62)65-35-13-21-44-18-9-11-23-60(44)65/h3-4,6,8-11,14,16-18,22-33,36-40H,5,7,12-13,15,19-21,34-35H2,1-2H3. The molecule has 3 aliphatic carbocycles. The van der Waals surface area contributed by atoms with Crippen molar-refractivity contribution in [3.8, 4) is 33.4 Å². The van der Waals surface area contributed by atoms with E-state index in [-0.39, 0.29) is 5.41 Å². The molecule has 0 unspecified atom stereocenters. The molecule has 2 nitrogen and oxygen atoms in total. The van der Waals surface area contributed by atoms with Gasteiger partial charge in [-0.2, -0.15) is 0 Å². The third-order valence-corrected chi connectivity index (χ3v) is 15.6. The maximum atomic E-state index is 2.58. The maximum Gasteiger partial charge on any atom is 0.0443 e. The number of aryl methyl sites for hydroxylation is 3. The van der Waals surface area contributed by atoms with Gasteiger partial charge >= 0.3 is 0 Å². The number of benzene rings is 8. The van der Waals surface area contributed by atoms with Crippen LogP contribution < -0.4 is 9.80 Å². The lowest BCUT2D eigenvalue weighted by molar-refractivity contribution is 0.660. The Kier molecular flexibility index (Phi) is 8.95. The molecule has 8 aromatic rings. The summed E-state index contributed by atoms with van der Waals surface area (Å²) >= 11 is 0. The molecule has 2 heterocycles. The van der Waals surface area contributed by atoms with Crippen LogP contribution in [0.15, 0.2) is 164 Å². The van der Waals surface area contributed by atoms with E-state index in [0.29, 0.717) is 0 Å². The first-order valence-corrected chi connectivity index (χ1v) is 24.2. The number of hydrogen-bond donors (Lipinski definition) is 0. The van der Waals surface area contributed by atoms with E-state index in [1.807, 2.05) is 0 Å². The summed E-state index contributed by atoms with van der Waals surface area (Å²) in [6.07, 6.45) is 20.4. The molecule has 0 atom stereocenters. The Morgan fingerprint density at radius 3 is 1.66 bits per heavy atom. The van der Waals surface area contributed by atoms with Gasteiger partial charge in [0, 0.05) is 41.3 Å². The second-order valence-corrected chi connectivity index (χ2v) is 19.6. The molecule has 0 amide bonds. The zero-order valence-corrected chi connectivity index (χ0v) is 37.6. The van der Waals surface area contributed by atoms with Crippen LogP contribution in [-0.4, -0.2) is 13.1 Å². The van der Waals surface area contributed by atoms with Crippen molar-refractivity contribution in [1.82, 2.24) is 0 Å². The molecule has 316 valence electrons. The third-order valence-electron chi connectivity index (χ3n) is 15.6. The van der Waals surface area contributed by atoms with Crippen LogP contribution in [0, 0.1) is 0 Å². The predicted molar refractivity (Wildman–Crippen MR) is 277 cm³/mol. The van der Waals surface area contributed by atoms with E-state index >= 15 is 0 Å². The van der Waals surface area contributed by atoms with Crippen molar-refractivity contribution in [2.45, 2.75) is 70.6 Å². The lowest BCUT2D eigenvalue weighted by atomic mass is 9.79. The van der Waals surface area contributed by atoms with Crippen molar-refractivity contribution in [3.05, 3.63) is 203 Å². The molecule has 0 saturated heterocycles. The summed E-state index contributed by atoms with van der Waals surface area (Å²) in [6.45, 7) is 6.91.